The summed E-state index contributed by atoms with van der Waals surface area (Å²) in [6.45, 7) is 4.11. The highest BCUT2D eigenvalue weighted by Gasteiger charge is 2.50. The summed E-state index contributed by atoms with van der Waals surface area (Å²) in [4.78, 5) is 17.3. The molecule has 2 atom stereocenters. The van der Waals surface area contributed by atoms with E-state index in [-0.39, 0.29) is 17.4 Å². The smallest absolute Gasteiger partial charge is 0.251 e. The van der Waals surface area contributed by atoms with Gasteiger partial charge in [-0.3, -0.25) is 4.79 Å². The van der Waals surface area contributed by atoms with Gasteiger partial charge in [0.05, 0.1) is 13.7 Å². The van der Waals surface area contributed by atoms with E-state index in [9.17, 15) is 4.79 Å². The summed E-state index contributed by atoms with van der Waals surface area (Å²) in [5.74, 6) is 1.06. The molecule has 5 heteroatoms. The number of carbonyl (C=O) groups is 1. The Balaban J connectivity index is 1.37. The van der Waals surface area contributed by atoms with E-state index in [1.54, 1.807) is 7.11 Å². The van der Waals surface area contributed by atoms with E-state index in [1.807, 2.05) is 17.0 Å². The number of hydrogen-bond donors (Lipinski definition) is 0. The number of carbonyl (C=O) groups excluding carboxylic acids is 1. The molecule has 0 saturated carbocycles. The molecule has 0 radical (unpaired) electrons. The Kier molecular flexibility index (Phi) is 4.70. The number of para-hydroxylation sites is 1. The Hall–Kier alpha value is -2.53. The molecule has 5 nitrogen and oxygen atoms in total. The van der Waals surface area contributed by atoms with Gasteiger partial charge in [0.25, 0.3) is 5.91 Å². The summed E-state index contributed by atoms with van der Waals surface area (Å²) < 4.78 is 11.4. The predicted molar refractivity (Wildman–Crippen MR) is 112 cm³/mol. The van der Waals surface area contributed by atoms with E-state index < -0.39 is 0 Å². The Labute approximate surface area is 172 Å². The first-order valence-corrected chi connectivity index (χ1v) is 10.6. The van der Waals surface area contributed by atoms with E-state index in [4.69, 9.17) is 9.47 Å². The van der Waals surface area contributed by atoms with Crippen molar-refractivity contribution in [3.63, 3.8) is 0 Å². The zero-order valence-electron chi connectivity index (χ0n) is 17.0. The first kappa shape index (κ1) is 18.5. The Morgan fingerprint density at radius 2 is 1.90 bits per heavy atom. The summed E-state index contributed by atoms with van der Waals surface area (Å²) in [5.41, 5.74) is 3.75. The van der Waals surface area contributed by atoms with Gasteiger partial charge in [0.1, 0.15) is 11.9 Å². The maximum atomic E-state index is 12.9. The number of rotatable bonds is 4. The molecule has 2 saturated heterocycles. The Morgan fingerprint density at radius 1 is 1.14 bits per heavy atom. The standard InChI is InChI=1S/C24H28N2O3/c1-28-19-10-8-18(9-11-19)15-26-16-24(20-6-2-3-7-21(20)26)14-22(29-17-24)23(27)25-12-4-5-13-25/h2-3,6-11,22H,4-5,12-17H2,1H3/t22-,24-/m1/s1. The predicted octanol–water partition coefficient (Wildman–Crippen LogP) is 3.36. The summed E-state index contributed by atoms with van der Waals surface area (Å²) >= 11 is 0. The van der Waals surface area contributed by atoms with Crippen LogP contribution in [0.25, 0.3) is 0 Å². The van der Waals surface area contributed by atoms with Gasteiger partial charge in [-0.25, -0.2) is 0 Å². The van der Waals surface area contributed by atoms with E-state index in [0.29, 0.717) is 6.61 Å². The molecule has 3 heterocycles. The molecule has 0 aromatic heterocycles. The molecule has 2 aromatic rings. The highest BCUT2D eigenvalue weighted by atomic mass is 16.5. The highest BCUT2D eigenvalue weighted by molar-refractivity contribution is 5.82. The summed E-state index contributed by atoms with van der Waals surface area (Å²) in [6, 6.07) is 16.9. The van der Waals surface area contributed by atoms with Crippen molar-refractivity contribution < 1.29 is 14.3 Å². The van der Waals surface area contributed by atoms with E-state index in [0.717, 1.165) is 51.2 Å². The van der Waals surface area contributed by atoms with Crippen molar-refractivity contribution >= 4 is 11.6 Å². The van der Waals surface area contributed by atoms with Gasteiger partial charge in [-0.2, -0.15) is 0 Å². The van der Waals surface area contributed by atoms with Gasteiger partial charge in [-0.05, 0) is 48.6 Å². The van der Waals surface area contributed by atoms with Gasteiger partial charge in [-0.1, -0.05) is 30.3 Å². The van der Waals surface area contributed by atoms with Crippen molar-refractivity contribution in [2.24, 2.45) is 0 Å². The van der Waals surface area contributed by atoms with Crippen LogP contribution < -0.4 is 9.64 Å². The average molecular weight is 392 g/mol. The minimum Gasteiger partial charge on any atom is -0.497 e. The van der Waals surface area contributed by atoms with Gasteiger partial charge in [0.2, 0.25) is 0 Å². The quantitative estimate of drug-likeness (QED) is 0.800. The molecule has 2 fully saturated rings. The summed E-state index contributed by atoms with van der Waals surface area (Å²) in [5, 5.41) is 0. The lowest BCUT2D eigenvalue weighted by atomic mass is 9.80. The molecule has 0 N–H and O–H groups in total. The topological polar surface area (TPSA) is 42.0 Å². The number of likely N-dealkylation sites (tertiary alicyclic amines) is 1. The molecular formula is C24H28N2O3. The van der Waals surface area contributed by atoms with E-state index in [2.05, 4.69) is 41.3 Å². The average Bonchev–Trinajstić information content (AvgIpc) is 3.50. The molecule has 3 aliphatic heterocycles. The van der Waals surface area contributed by atoms with Crippen LogP contribution in [0.3, 0.4) is 0 Å². The van der Waals surface area contributed by atoms with Gasteiger partial charge in [0, 0.05) is 37.3 Å². The zero-order chi connectivity index (χ0) is 19.8. The maximum absolute atomic E-state index is 12.9. The molecule has 5 rings (SSSR count). The second kappa shape index (κ2) is 7.38. The SMILES string of the molecule is COc1ccc(CN2C[C@]3(CO[C@@H](C(=O)N4CCCC4)C3)c3ccccc32)cc1. The van der Waals surface area contributed by atoms with Gasteiger partial charge in [0.15, 0.2) is 0 Å². The fraction of sp³-hybridized carbons (Fsp3) is 0.458. The molecule has 152 valence electrons. The monoisotopic (exact) mass is 392 g/mol. The minimum atomic E-state index is -0.304. The first-order chi connectivity index (χ1) is 14.2. The maximum Gasteiger partial charge on any atom is 0.251 e. The number of ether oxygens (including phenoxy) is 2. The van der Waals surface area contributed by atoms with Crippen LogP contribution in [-0.2, 0) is 21.5 Å². The second-order valence-corrected chi connectivity index (χ2v) is 8.54. The third-order valence-electron chi connectivity index (χ3n) is 6.67. The molecule has 29 heavy (non-hydrogen) atoms. The van der Waals surface area contributed by atoms with Crippen LogP contribution in [0.4, 0.5) is 5.69 Å². The largest absolute Gasteiger partial charge is 0.497 e. The van der Waals surface area contributed by atoms with Crippen LogP contribution in [0.2, 0.25) is 0 Å². The number of amides is 1. The lowest BCUT2D eigenvalue weighted by Gasteiger charge is -2.25. The van der Waals surface area contributed by atoms with E-state index >= 15 is 0 Å². The van der Waals surface area contributed by atoms with Gasteiger partial charge < -0.3 is 19.3 Å². The number of nitrogens with zero attached hydrogens (tertiary/aromatic N) is 2. The third kappa shape index (κ3) is 3.27. The first-order valence-electron chi connectivity index (χ1n) is 10.6. The normalized spacial score (nSPS) is 25.6. The van der Waals surface area contributed by atoms with Crippen molar-refractivity contribution in [2.75, 3.05) is 38.3 Å². The number of anilines is 1. The van der Waals surface area contributed by atoms with Crippen molar-refractivity contribution in [3.8, 4) is 5.75 Å². The van der Waals surface area contributed by atoms with Crippen LogP contribution in [0.1, 0.15) is 30.4 Å². The number of fused-ring (bicyclic) bond motifs is 2. The van der Waals surface area contributed by atoms with E-state index in [1.165, 1.54) is 16.8 Å². The number of benzene rings is 2. The van der Waals surface area contributed by atoms with Crippen molar-refractivity contribution in [3.05, 3.63) is 59.7 Å². The second-order valence-electron chi connectivity index (χ2n) is 8.54. The lowest BCUT2D eigenvalue weighted by molar-refractivity contribution is -0.139. The fourth-order valence-corrected chi connectivity index (χ4v) is 5.16. The molecule has 3 aliphatic rings. The summed E-state index contributed by atoms with van der Waals surface area (Å²) in [6.07, 6.45) is 2.70. The molecule has 2 aromatic carbocycles. The molecule has 1 spiro atoms. The van der Waals surface area contributed by atoms with Crippen LogP contribution in [0.5, 0.6) is 5.75 Å². The highest BCUT2D eigenvalue weighted by Crippen LogP contribution is 2.48. The molecular weight excluding hydrogens is 364 g/mol. The molecule has 0 unspecified atom stereocenters. The Bertz CT molecular complexity index is 891. The zero-order valence-corrected chi connectivity index (χ0v) is 17.0. The molecule has 1 amide bonds. The third-order valence-corrected chi connectivity index (χ3v) is 6.67. The molecule has 0 bridgehead atoms. The lowest BCUT2D eigenvalue weighted by Crippen LogP contribution is -2.38. The van der Waals surface area contributed by atoms with Crippen LogP contribution >= 0.6 is 0 Å². The minimum absolute atomic E-state index is 0.0941. The number of hydrogen-bond acceptors (Lipinski definition) is 4. The fourth-order valence-electron chi connectivity index (χ4n) is 5.16. The van der Waals surface area contributed by atoms with Crippen LogP contribution in [-0.4, -0.2) is 50.3 Å². The van der Waals surface area contributed by atoms with Crippen molar-refractivity contribution in [1.82, 2.24) is 4.90 Å². The van der Waals surface area contributed by atoms with Crippen molar-refractivity contribution in [1.29, 1.82) is 0 Å². The number of methoxy groups -OCH3 is 1. The molecule has 0 aliphatic carbocycles. The van der Waals surface area contributed by atoms with Crippen LogP contribution in [0, 0.1) is 0 Å². The van der Waals surface area contributed by atoms with Gasteiger partial charge >= 0.3 is 0 Å². The van der Waals surface area contributed by atoms with Gasteiger partial charge in [-0.15, -0.1) is 0 Å². The Morgan fingerprint density at radius 3 is 2.66 bits per heavy atom. The van der Waals surface area contributed by atoms with Crippen LogP contribution in [0.15, 0.2) is 48.5 Å². The van der Waals surface area contributed by atoms with Crippen molar-refractivity contribution in [2.45, 2.75) is 37.3 Å². The summed E-state index contributed by atoms with van der Waals surface area (Å²) in [7, 11) is 1.69.